The van der Waals surface area contributed by atoms with Crippen LogP contribution in [0.3, 0.4) is 0 Å². The number of aliphatic imine (C=N–C) groups is 1. The van der Waals surface area contributed by atoms with Crippen LogP contribution in [0.5, 0.6) is 0 Å². The van der Waals surface area contributed by atoms with Crippen molar-refractivity contribution in [3.05, 3.63) is 35.4 Å². The van der Waals surface area contributed by atoms with Crippen LogP contribution in [-0.4, -0.2) is 77.5 Å². The van der Waals surface area contributed by atoms with Crippen molar-refractivity contribution in [2.24, 2.45) is 10.7 Å². The molecule has 0 aliphatic carbocycles. The number of hydrogen-bond acceptors (Lipinski definition) is 4. The second-order valence-electron chi connectivity index (χ2n) is 8.46. The van der Waals surface area contributed by atoms with E-state index in [-0.39, 0.29) is 18.5 Å². The molecule has 2 aliphatic rings. The van der Waals surface area contributed by atoms with Crippen LogP contribution in [0.25, 0.3) is 0 Å². The van der Waals surface area contributed by atoms with E-state index in [1.807, 2.05) is 42.7 Å². The molecule has 0 radical (unpaired) electrons. The summed E-state index contributed by atoms with van der Waals surface area (Å²) in [6, 6.07) is 8.21. The predicted octanol–water partition coefficient (Wildman–Crippen LogP) is 1.44. The van der Waals surface area contributed by atoms with Crippen molar-refractivity contribution >= 4 is 18.0 Å². The lowest BCUT2D eigenvalue weighted by atomic mass is 10.00. The third kappa shape index (κ3) is 5.62. The van der Waals surface area contributed by atoms with Crippen LogP contribution in [0.4, 0.5) is 4.79 Å². The average Bonchev–Trinajstić information content (AvgIpc) is 2.70. The summed E-state index contributed by atoms with van der Waals surface area (Å²) < 4.78 is 5.40. The largest absolute Gasteiger partial charge is 0.444 e. The Hall–Kier alpha value is -2.77. The second kappa shape index (κ2) is 8.71. The Kier molecular flexibility index (Phi) is 6.30. The van der Waals surface area contributed by atoms with Gasteiger partial charge in [-0.05, 0) is 38.3 Å². The van der Waals surface area contributed by atoms with Crippen LogP contribution >= 0.6 is 0 Å². The van der Waals surface area contributed by atoms with Gasteiger partial charge < -0.3 is 25.2 Å². The third-order valence-electron chi connectivity index (χ3n) is 5.12. The van der Waals surface area contributed by atoms with E-state index >= 15 is 0 Å². The van der Waals surface area contributed by atoms with Gasteiger partial charge in [0.2, 0.25) is 5.91 Å². The normalized spacial score (nSPS) is 17.8. The molecule has 1 saturated heterocycles. The lowest BCUT2D eigenvalue weighted by Crippen LogP contribution is -2.53. The number of ether oxygens (including phenoxy) is 1. The second-order valence-corrected chi connectivity index (χ2v) is 8.46. The molecule has 2 N–H and O–H groups in total. The summed E-state index contributed by atoms with van der Waals surface area (Å²) in [5.41, 5.74) is 8.09. The summed E-state index contributed by atoms with van der Waals surface area (Å²) in [5, 5.41) is 0. The van der Waals surface area contributed by atoms with Gasteiger partial charge in [0.05, 0.1) is 0 Å². The number of nitrogens with zero attached hydrogens (tertiary/aromatic N) is 4. The fraction of sp³-hybridized carbons (Fsp3) is 0.571. The average molecular weight is 402 g/mol. The molecule has 2 amide bonds. The van der Waals surface area contributed by atoms with Crippen molar-refractivity contribution in [3.8, 4) is 0 Å². The van der Waals surface area contributed by atoms with Gasteiger partial charge in [-0.15, -0.1) is 0 Å². The summed E-state index contributed by atoms with van der Waals surface area (Å²) in [7, 11) is 0. The van der Waals surface area contributed by atoms with E-state index in [0.717, 1.165) is 6.42 Å². The highest BCUT2D eigenvalue weighted by molar-refractivity contribution is 5.84. The standard InChI is InChI=1S/C21H31N5O3/c1-21(2,3)29-20(28)25-12-10-24(11-13-25)19(22)23-14-18(27)26-9-8-16-6-4-5-7-17(16)15-26/h4-7H,8-15H2,1-3H3,(H2,22,23). The molecule has 1 fully saturated rings. The molecule has 1 aromatic carbocycles. The summed E-state index contributed by atoms with van der Waals surface area (Å²) in [6.45, 7) is 9.10. The molecule has 0 atom stereocenters. The number of rotatable bonds is 2. The Labute approximate surface area is 172 Å². The van der Waals surface area contributed by atoms with Crippen LogP contribution in [0.2, 0.25) is 0 Å². The maximum absolute atomic E-state index is 12.5. The summed E-state index contributed by atoms with van der Waals surface area (Å²) >= 11 is 0. The number of amides is 2. The first-order valence-corrected chi connectivity index (χ1v) is 10.1. The van der Waals surface area contributed by atoms with Gasteiger partial charge in [0.25, 0.3) is 0 Å². The molecule has 3 rings (SSSR count). The molecule has 0 unspecified atom stereocenters. The minimum absolute atomic E-state index is 0.0187. The lowest BCUT2D eigenvalue weighted by molar-refractivity contribution is -0.130. The first kappa shape index (κ1) is 21.0. The fourth-order valence-corrected chi connectivity index (χ4v) is 3.50. The molecule has 2 aliphatic heterocycles. The SMILES string of the molecule is CC(C)(C)OC(=O)N1CCN(C(N)=NCC(=O)N2CCc3ccccc3C2)CC1. The van der Waals surface area contributed by atoms with Crippen molar-refractivity contribution in [1.82, 2.24) is 14.7 Å². The van der Waals surface area contributed by atoms with E-state index < -0.39 is 5.60 Å². The van der Waals surface area contributed by atoms with Gasteiger partial charge in [-0.25, -0.2) is 9.79 Å². The smallest absolute Gasteiger partial charge is 0.410 e. The molecular weight excluding hydrogens is 370 g/mol. The fourth-order valence-electron chi connectivity index (χ4n) is 3.50. The summed E-state index contributed by atoms with van der Waals surface area (Å²) in [4.78, 5) is 34.4. The quantitative estimate of drug-likeness (QED) is 0.598. The molecular formula is C21H31N5O3. The van der Waals surface area contributed by atoms with E-state index in [1.54, 1.807) is 4.90 Å². The Morgan fingerprint density at radius 1 is 1.00 bits per heavy atom. The van der Waals surface area contributed by atoms with E-state index in [1.165, 1.54) is 11.1 Å². The van der Waals surface area contributed by atoms with Crippen LogP contribution in [0, 0.1) is 0 Å². The van der Waals surface area contributed by atoms with Crippen molar-refractivity contribution < 1.29 is 14.3 Å². The van der Waals surface area contributed by atoms with E-state index in [9.17, 15) is 9.59 Å². The number of carbonyl (C=O) groups is 2. The predicted molar refractivity (Wildman–Crippen MR) is 111 cm³/mol. The maximum atomic E-state index is 12.5. The highest BCUT2D eigenvalue weighted by Crippen LogP contribution is 2.18. The van der Waals surface area contributed by atoms with E-state index in [0.29, 0.717) is 45.2 Å². The van der Waals surface area contributed by atoms with Crippen molar-refractivity contribution in [2.75, 3.05) is 39.3 Å². The van der Waals surface area contributed by atoms with Gasteiger partial charge in [-0.3, -0.25) is 4.79 Å². The van der Waals surface area contributed by atoms with Crippen molar-refractivity contribution in [1.29, 1.82) is 0 Å². The van der Waals surface area contributed by atoms with Crippen LogP contribution in [-0.2, 0) is 22.5 Å². The first-order chi connectivity index (χ1) is 13.7. The number of guanidine groups is 1. The number of piperazine rings is 1. The molecule has 0 saturated carbocycles. The number of fused-ring (bicyclic) bond motifs is 1. The Morgan fingerprint density at radius 3 is 2.28 bits per heavy atom. The van der Waals surface area contributed by atoms with Crippen LogP contribution in [0.1, 0.15) is 31.9 Å². The molecule has 29 heavy (non-hydrogen) atoms. The molecule has 1 aromatic rings. The van der Waals surface area contributed by atoms with Crippen molar-refractivity contribution in [2.45, 2.75) is 39.3 Å². The highest BCUT2D eigenvalue weighted by atomic mass is 16.6. The zero-order valence-corrected chi connectivity index (χ0v) is 17.6. The Balaban J connectivity index is 1.47. The lowest BCUT2D eigenvalue weighted by Gasteiger charge is -2.36. The van der Waals surface area contributed by atoms with E-state index in [2.05, 4.69) is 17.1 Å². The number of hydrogen-bond donors (Lipinski definition) is 1. The van der Waals surface area contributed by atoms with Gasteiger partial charge in [0.1, 0.15) is 12.1 Å². The first-order valence-electron chi connectivity index (χ1n) is 10.1. The molecule has 8 nitrogen and oxygen atoms in total. The number of carbonyl (C=O) groups excluding carboxylic acids is 2. The zero-order chi connectivity index (χ0) is 21.0. The van der Waals surface area contributed by atoms with Crippen LogP contribution < -0.4 is 5.73 Å². The molecule has 0 spiro atoms. The zero-order valence-electron chi connectivity index (χ0n) is 17.6. The van der Waals surface area contributed by atoms with Gasteiger partial charge in [-0.2, -0.15) is 0 Å². The van der Waals surface area contributed by atoms with Gasteiger partial charge in [-0.1, -0.05) is 24.3 Å². The van der Waals surface area contributed by atoms with Gasteiger partial charge in [0, 0.05) is 39.3 Å². The number of nitrogens with two attached hydrogens (primary N) is 1. The topological polar surface area (TPSA) is 91.5 Å². The van der Waals surface area contributed by atoms with E-state index in [4.69, 9.17) is 10.5 Å². The molecule has 2 heterocycles. The van der Waals surface area contributed by atoms with Gasteiger partial charge in [0.15, 0.2) is 5.96 Å². The maximum Gasteiger partial charge on any atom is 0.410 e. The van der Waals surface area contributed by atoms with Gasteiger partial charge >= 0.3 is 6.09 Å². The summed E-state index contributed by atoms with van der Waals surface area (Å²) in [5.74, 6) is 0.328. The Morgan fingerprint density at radius 2 is 1.62 bits per heavy atom. The monoisotopic (exact) mass is 401 g/mol. The molecule has 0 bridgehead atoms. The molecule has 8 heteroatoms. The molecule has 158 valence electrons. The summed E-state index contributed by atoms with van der Waals surface area (Å²) in [6.07, 6.45) is 0.557. The minimum Gasteiger partial charge on any atom is -0.444 e. The Bertz CT molecular complexity index is 779. The minimum atomic E-state index is -0.510. The van der Waals surface area contributed by atoms with Crippen LogP contribution in [0.15, 0.2) is 29.3 Å². The number of benzene rings is 1. The van der Waals surface area contributed by atoms with Crippen molar-refractivity contribution in [3.63, 3.8) is 0 Å². The highest BCUT2D eigenvalue weighted by Gasteiger charge is 2.26. The molecule has 0 aromatic heterocycles. The third-order valence-corrected chi connectivity index (χ3v) is 5.12.